The van der Waals surface area contributed by atoms with Crippen molar-refractivity contribution < 1.29 is 4.42 Å². The average Bonchev–Trinajstić information content (AvgIpc) is 4.03. The minimum atomic E-state index is 0.588. The van der Waals surface area contributed by atoms with Gasteiger partial charge in [-0.1, -0.05) is 152 Å². The van der Waals surface area contributed by atoms with Gasteiger partial charge in [-0.25, -0.2) is 15.0 Å². The number of furan rings is 1. The quantitative estimate of drug-likeness (QED) is 0.168. The molecule has 13 aromatic rings. The van der Waals surface area contributed by atoms with Crippen LogP contribution in [0.1, 0.15) is 0 Å². The zero-order valence-corrected chi connectivity index (χ0v) is 34.6. The highest BCUT2D eigenvalue weighted by atomic mass is 32.1. The van der Waals surface area contributed by atoms with E-state index in [4.69, 9.17) is 19.4 Å². The van der Waals surface area contributed by atoms with E-state index in [1.54, 1.807) is 11.3 Å². The van der Waals surface area contributed by atoms with Crippen LogP contribution in [0.25, 0.3) is 126 Å². The number of para-hydroxylation sites is 2. The second-order valence-electron chi connectivity index (χ2n) is 16.0. The minimum absolute atomic E-state index is 0.588. The largest absolute Gasteiger partial charge is 0.456 e. The van der Waals surface area contributed by atoms with E-state index in [1.165, 1.54) is 64.2 Å². The molecular weight excluding hydrogens is 789 g/mol. The summed E-state index contributed by atoms with van der Waals surface area (Å²) in [5.41, 5.74) is 12.6. The number of hydrogen-bond donors (Lipinski definition) is 0. The van der Waals surface area contributed by atoms with Crippen LogP contribution in [0.5, 0.6) is 0 Å². The fourth-order valence-electron chi connectivity index (χ4n) is 9.27. The third kappa shape index (κ3) is 5.87. The topological polar surface area (TPSA) is 56.7 Å². The molecular formula is C57H34N4OS. The number of thiophene rings is 1. The van der Waals surface area contributed by atoms with Gasteiger partial charge in [-0.05, 0) is 76.9 Å². The van der Waals surface area contributed by atoms with Crippen molar-refractivity contribution >= 4 is 75.3 Å². The third-order valence-corrected chi connectivity index (χ3v) is 13.4. The lowest BCUT2D eigenvalue weighted by Gasteiger charge is -2.09. The van der Waals surface area contributed by atoms with E-state index in [0.717, 1.165) is 44.3 Å². The van der Waals surface area contributed by atoms with Crippen molar-refractivity contribution in [2.75, 3.05) is 0 Å². The Morgan fingerprint density at radius 1 is 0.349 bits per heavy atom. The first-order valence-electron chi connectivity index (χ1n) is 21.1. The summed E-state index contributed by atoms with van der Waals surface area (Å²) in [4.78, 5) is 15.3. The normalized spacial score (nSPS) is 11.8. The van der Waals surface area contributed by atoms with Gasteiger partial charge in [0.05, 0.1) is 11.0 Å². The Hall–Kier alpha value is -8.19. The SMILES string of the molecule is c1ccc(-c2ccc(-c3cccc4sc5cc(-c6nc(-c7ccccc7)nc(-c7ccc8c(c7)oc7ccc(-n9c%10ccccc%10c%10ccccc%109)cc78)n6)ccc5c34)cc2)cc1. The van der Waals surface area contributed by atoms with Gasteiger partial charge in [0.2, 0.25) is 0 Å². The lowest BCUT2D eigenvalue weighted by molar-refractivity contribution is 0.669. The van der Waals surface area contributed by atoms with Gasteiger partial charge in [-0.2, -0.15) is 0 Å². The van der Waals surface area contributed by atoms with E-state index in [-0.39, 0.29) is 0 Å². The van der Waals surface area contributed by atoms with E-state index in [2.05, 4.69) is 180 Å². The predicted octanol–water partition coefficient (Wildman–Crippen LogP) is 15.6. The van der Waals surface area contributed by atoms with Gasteiger partial charge < -0.3 is 8.98 Å². The molecule has 0 atom stereocenters. The number of fused-ring (bicyclic) bond motifs is 9. The molecule has 0 N–H and O–H groups in total. The van der Waals surface area contributed by atoms with Crippen LogP contribution in [0, 0.1) is 0 Å². The fraction of sp³-hybridized carbons (Fsp3) is 0. The van der Waals surface area contributed by atoms with E-state index >= 15 is 0 Å². The molecule has 0 aliphatic rings. The summed E-state index contributed by atoms with van der Waals surface area (Å²) < 4.78 is 11.3. The van der Waals surface area contributed by atoms with Gasteiger partial charge in [-0.3, -0.25) is 0 Å². The molecule has 0 unspecified atom stereocenters. The average molecular weight is 823 g/mol. The van der Waals surface area contributed by atoms with Crippen LogP contribution in [0.4, 0.5) is 0 Å². The molecule has 0 bridgehead atoms. The van der Waals surface area contributed by atoms with E-state index in [0.29, 0.717) is 17.5 Å². The highest BCUT2D eigenvalue weighted by molar-refractivity contribution is 7.26. The van der Waals surface area contributed by atoms with Crippen LogP contribution in [0.3, 0.4) is 0 Å². The van der Waals surface area contributed by atoms with Crippen LogP contribution in [-0.2, 0) is 0 Å². The van der Waals surface area contributed by atoms with E-state index in [1.807, 2.05) is 30.3 Å². The summed E-state index contributed by atoms with van der Waals surface area (Å²) in [6.45, 7) is 0. The van der Waals surface area contributed by atoms with Gasteiger partial charge in [0.25, 0.3) is 0 Å². The Morgan fingerprint density at radius 3 is 1.63 bits per heavy atom. The van der Waals surface area contributed by atoms with Crippen LogP contribution in [0.2, 0.25) is 0 Å². The summed E-state index contributed by atoms with van der Waals surface area (Å²) >= 11 is 1.80. The van der Waals surface area contributed by atoms with Crippen LogP contribution in [0.15, 0.2) is 211 Å². The molecule has 0 amide bonds. The molecule has 294 valence electrons. The molecule has 4 aromatic heterocycles. The third-order valence-electron chi connectivity index (χ3n) is 12.3. The number of nitrogens with zero attached hydrogens (tertiary/aromatic N) is 4. The van der Waals surface area contributed by atoms with Crippen LogP contribution >= 0.6 is 11.3 Å². The molecule has 6 heteroatoms. The molecule has 0 fully saturated rings. The van der Waals surface area contributed by atoms with Crippen molar-refractivity contribution in [1.82, 2.24) is 19.5 Å². The van der Waals surface area contributed by atoms with Gasteiger partial charge >= 0.3 is 0 Å². The minimum Gasteiger partial charge on any atom is -0.456 e. The van der Waals surface area contributed by atoms with Crippen LogP contribution < -0.4 is 0 Å². The summed E-state index contributed by atoms with van der Waals surface area (Å²) in [6, 6.07) is 72.7. The maximum absolute atomic E-state index is 6.56. The maximum Gasteiger partial charge on any atom is 0.164 e. The molecule has 0 radical (unpaired) electrons. The van der Waals surface area contributed by atoms with Gasteiger partial charge in [0, 0.05) is 64.1 Å². The standard InChI is InChI=1S/C57H34N4OS/c1-3-12-35(13-4-1)36-22-24-37(25-23-36)42-18-11-21-52-54(42)46-30-27-40(33-53(46)63-52)57-59-55(38-14-5-2-6-15-38)58-56(60-57)39-26-29-45-47-34-41(28-31-50(47)62-51(45)32-39)61-48-19-9-7-16-43(48)44-17-8-10-20-49(44)61/h1-34H. The van der Waals surface area contributed by atoms with Crippen LogP contribution in [-0.4, -0.2) is 19.5 Å². The highest BCUT2D eigenvalue weighted by Crippen LogP contribution is 2.42. The lowest BCUT2D eigenvalue weighted by Crippen LogP contribution is -2.00. The van der Waals surface area contributed by atoms with Gasteiger partial charge in [0.1, 0.15) is 11.2 Å². The van der Waals surface area contributed by atoms with Crippen molar-refractivity contribution in [3.63, 3.8) is 0 Å². The van der Waals surface area contributed by atoms with E-state index in [9.17, 15) is 0 Å². The Bertz CT molecular complexity index is 3850. The summed E-state index contributed by atoms with van der Waals surface area (Å²) in [6.07, 6.45) is 0. The number of benzene rings is 9. The predicted molar refractivity (Wildman–Crippen MR) is 262 cm³/mol. The second-order valence-corrected chi connectivity index (χ2v) is 17.1. The second kappa shape index (κ2) is 14.2. The molecule has 0 saturated carbocycles. The summed E-state index contributed by atoms with van der Waals surface area (Å²) in [5, 5.41) is 7.05. The lowest BCUT2D eigenvalue weighted by atomic mass is 9.97. The molecule has 13 rings (SSSR count). The van der Waals surface area contributed by atoms with Crippen molar-refractivity contribution in [2.45, 2.75) is 0 Å². The maximum atomic E-state index is 6.56. The smallest absolute Gasteiger partial charge is 0.164 e. The van der Waals surface area contributed by atoms with Crippen molar-refractivity contribution in [3.05, 3.63) is 206 Å². The highest BCUT2D eigenvalue weighted by Gasteiger charge is 2.18. The fourth-order valence-corrected chi connectivity index (χ4v) is 10.4. The summed E-state index contributed by atoms with van der Waals surface area (Å²) in [7, 11) is 0. The van der Waals surface area contributed by atoms with Crippen molar-refractivity contribution in [3.8, 4) is 62.1 Å². The molecule has 0 aliphatic carbocycles. The molecule has 9 aromatic carbocycles. The van der Waals surface area contributed by atoms with E-state index < -0.39 is 0 Å². The Balaban J connectivity index is 0.904. The van der Waals surface area contributed by atoms with Crippen molar-refractivity contribution in [2.24, 2.45) is 0 Å². The van der Waals surface area contributed by atoms with Gasteiger partial charge in [-0.15, -0.1) is 11.3 Å². The Kier molecular flexibility index (Phi) is 8.01. The monoisotopic (exact) mass is 822 g/mol. The molecule has 5 nitrogen and oxygen atoms in total. The summed E-state index contributed by atoms with van der Waals surface area (Å²) in [5.74, 6) is 1.83. The zero-order valence-electron chi connectivity index (χ0n) is 33.7. The molecule has 0 aliphatic heterocycles. The molecule has 0 saturated heterocycles. The zero-order chi connectivity index (χ0) is 41.4. The Labute approximate surface area is 365 Å². The molecule has 63 heavy (non-hydrogen) atoms. The first-order valence-corrected chi connectivity index (χ1v) is 21.9. The number of hydrogen-bond acceptors (Lipinski definition) is 5. The first kappa shape index (κ1) is 35.6. The first-order chi connectivity index (χ1) is 31.2. The molecule has 4 heterocycles. The van der Waals surface area contributed by atoms with Gasteiger partial charge in [0.15, 0.2) is 17.5 Å². The van der Waals surface area contributed by atoms with Crippen molar-refractivity contribution in [1.29, 1.82) is 0 Å². The number of rotatable bonds is 6. The number of aromatic nitrogens is 4. The Morgan fingerprint density at radius 2 is 0.921 bits per heavy atom. The molecule has 0 spiro atoms.